The van der Waals surface area contributed by atoms with Crippen molar-refractivity contribution in [1.82, 2.24) is 15.0 Å². The van der Waals surface area contributed by atoms with E-state index in [2.05, 4.69) is 72.1 Å². The Morgan fingerprint density at radius 2 is 1.69 bits per heavy atom. The molecule has 1 aromatic heterocycles. The molecule has 0 N–H and O–H groups in total. The lowest BCUT2D eigenvalue weighted by molar-refractivity contribution is -0.133. The number of rotatable bonds is 8. The highest BCUT2D eigenvalue weighted by Gasteiger charge is 2.29. The summed E-state index contributed by atoms with van der Waals surface area (Å²) in [6.07, 6.45) is 1.46. The number of hydrogen-bond donors (Lipinski definition) is 0. The molecule has 0 saturated carbocycles. The number of anilines is 1. The molecule has 0 atom stereocenters. The summed E-state index contributed by atoms with van der Waals surface area (Å²) in [6, 6.07) is 18.7. The van der Waals surface area contributed by atoms with Crippen LogP contribution in [0.2, 0.25) is 0 Å². The summed E-state index contributed by atoms with van der Waals surface area (Å²) < 4.78 is 6.04. The molecule has 6 heteroatoms. The number of hydrogen-bond acceptors (Lipinski definition) is 5. The Hall–Kier alpha value is -3.12. The standard InChI is InChI=1S/C29H38N4O2/c1-29(2,3)19-26(34)32(18-17-31(4)5)21-25-27(23-12-7-6-8-13-23)30-35-28(25)33-16-15-22-11-9-10-14-24(22)20-33/h6-14H,15-21H2,1-5H3. The quantitative estimate of drug-likeness (QED) is 0.447. The maximum absolute atomic E-state index is 13.4. The minimum absolute atomic E-state index is 0.0796. The fraction of sp³-hybridized carbons (Fsp3) is 0.448. The molecule has 0 unspecified atom stereocenters. The maximum Gasteiger partial charge on any atom is 0.233 e. The van der Waals surface area contributed by atoms with Gasteiger partial charge in [0.25, 0.3) is 0 Å². The van der Waals surface area contributed by atoms with Gasteiger partial charge in [0.2, 0.25) is 11.8 Å². The van der Waals surface area contributed by atoms with E-state index in [4.69, 9.17) is 4.52 Å². The zero-order chi connectivity index (χ0) is 25.0. The summed E-state index contributed by atoms with van der Waals surface area (Å²) >= 11 is 0. The van der Waals surface area contributed by atoms with Crippen molar-refractivity contribution in [3.8, 4) is 11.3 Å². The van der Waals surface area contributed by atoms with Crippen LogP contribution in [0, 0.1) is 5.41 Å². The molecule has 0 radical (unpaired) electrons. The molecule has 3 aromatic rings. The number of aromatic nitrogens is 1. The Morgan fingerprint density at radius 3 is 2.37 bits per heavy atom. The van der Waals surface area contributed by atoms with Crippen LogP contribution in [0.4, 0.5) is 5.88 Å². The molecule has 0 bridgehead atoms. The van der Waals surface area contributed by atoms with Crippen molar-refractivity contribution < 1.29 is 9.32 Å². The highest BCUT2D eigenvalue weighted by Crippen LogP contribution is 2.35. The first-order valence-corrected chi connectivity index (χ1v) is 12.5. The topological polar surface area (TPSA) is 52.8 Å². The van der Waals surface area contributed by atoms with Crippen molar-refractivity contribution in [2.45, 2.75) is 46.7 Å². The Labute approximate surface area is 209 Å². The first-order valence-electron chi connectivity index (χ1n) is 12.5. The second-order valence-corrected chi connectivity index (χ2v) is 11.0. The molecular weight excluding hydrogens is 436 g/mol. The predicted octanol–water partition coefficient (Wildman–Crippen LogP) is 5.23. The van der Waals surface area contributed by atoms with E-state index in [1.54, 1.807) is 0 Å². The Bertz CT molecular complexity index is 1130. The van der Waals surface area contributed by atoms with E-state index in [0.717, 1.165) is 48.8 Å². The van der Waals surface area contributed by atoms with Crippen LogP contribution in [0.5, 0.6) is 0 Å². The number of nitrogens with zero attached hydrogens (tertiary/aromatic N) is 4. The van der Waals surface area contributed by atoms with E-state index >= 15 is 0 Å². The fourth-order valence-electron chi connectivity index (χ4n) is 4.55. The van der Waals surface area contributed by atoms with Crippen LogP contribution < -0.4 is 4.90 Å². The molecule has 1 amide bonds. The van der Waals surface area contributed by atoms with E-state index < -0.39 is 0 Å². The van der Waals surface area contributed by atoms with Gasteiger partial charge in [-0.3, -0.25) is 4.79 Å². The van der Waals surface area contributed by atoms with E-state index in [1.165, 1.54) is 11.1 Å². The molecule has 4 rings (SSSR count). The van der Waals surface area contributed by atoms with Crippen molar-refractivity contribution in [2.75, 3.05) is 38.6 Å². The minimum atomic E-state index is -0.0796. The lowest BCUT2D eigenvalue weighted by Crippen LogP contribution is -2.38. The minimum Gasteiger partial charge on any atom is -0.338 e. The van der Waals surface area contributed by atoms with Gasteiger partial charge in [0.15, 0.2) is 0 Å². The van der Waals surface area contributed by atoms with E-state index in [0.29, 0.717) is 19.5 Å². The van der Waals surface area contributed by atoms with Crippen LogP contribution in [0.3, 0.4) is 0 Å². The van der Waals surface area contributed by atoms with Gasteiger partial charge >= 0.3 is 0 Å². The van der Waals surface area contributed by atoms with E-state index in [9.17, 15) is 4.79 Å². The van der Waals surface area contributed by atoms with E-state index in [-0.39, 0.29) is 11.3 Å². The van der Waals surface area contributed by atoms with Crippen LogP contribution in [0.1, 0.15) is 43.9 Å². The molecule has 1 aliphatic rings. The third-order valence-electron chi connectivity index (χ3n) is 6.43. The molecular formula is C29H38N4O2. The third kappa shape index (κ3) is 6.31. The van der Waals surface area contributed by atoms with Gasteiger partial charge in [0.1, 0.15) is 5.69 Å². The molecule has 0 fully saturated rings. The number of carbonyl (C=O) groups excluding carboxylic acids is 1. The Kier molecular flexibility index (Phi) is 7.60. The smallest absolute Gasteiger partial charge is 0.233 e. The highest BCUT2D eigenvalue weighted by molar-refractivity contribution is 5.78. The number of benzene rings is 2. The third-order valence-corrected chi connectivity index (χ3v) is 6.43. The lowest BCUT2D eigenvalue weighted by Gasteiger charge is -2.31. The van der Waals surface area contributed by atoms with Crippen molar-refractivity contribution in [1.29, 1.82) is 0 Å². The molecule has 0 saturated heterocycles. The van der Waals surface area contributed by atoms with Gasteiger partial charge in [-0.05, 0) is 37.1 Å². The van der Waals surface area contributed by atoms with Gasteiger partial charge < -0.3 is 19.2 Å². The van der Waals surface area contributed by atoms with Crippen LogP contribution in [0.25, 0.3) is 11.3 Å². The number of carbonyl (C=O) groups is 1. The maximum atomic E-state index is 13.4. The molecule has 186 valence electrons. The van der Waals surface area contributed by atoms with Crippen LogP contribution in [0.15, 0.2) is 59.1 Å². The normalized spacial score (nSPS) is 13.7. The molecule has 0 aliphatic carbocycles. The number of amides is 1. The molecule has 2 heterocycles. The molecule has 0 spiro atoms. The Morgan fingerprint density at radius 1 is 1.00 bits per heavy atom. The van der Waals surface area contributed by atoms with Gasteiger partial charge in [-0.25, -0.2) is 0 Å². The average molecular weight is 475 g/mol. The van der Waals surface area contributed by atoms with Crippen molar-refractivity contribution >= 4 is 11.8 Å². The summed E-state index contributed by atoms with van der Waals surface area (Å²) in [7, 11) is 4.08. The van der Waals surface area contributed by atoms with Gasteiger partial charge in [0, 0.05) is 38.2 Å². The second-order valence-electron chi connectivity index (χ2n) is 11.0. The molecule has 6 nitrogen and oxygen atoms in total. The monoisotopic (exact) mass is 474 g/mol. The van der Waals surface area contributed by atoms with Crippen LogP contribution in [-0.4, -0.2) is 54.6 Å². The second kappa shape index (κ2) is 10.6. The van der Waals surface area contributed by atoms with Crippen molar-refractivity contribution in [3.05, 3.63) is 71.3 Å². The van der Waals surface area contributed by atoms with Crippen molar-refractivity contribution in [2.24, 2.45) is 5.41 Å². The predicted molar refractivity (Wildman–Crippen MR) is 141 cm³/mol. The number of fused-ring (bicyclic) bond motifs is 1. The Balaban J connectivity index is 1.70. The SMILES string of the molecule is CN(C)CCN(Cc1c(-c2ccccc2)noc1N1CCc2ccccc2C1)C(=O)CC(C)(C)C. The first-order chi connectivity index (χ1) is 16.7. The fourth-order valence-corrected chi connectivity index (χ4v) is 4.55. The molecule has 1 aliphatic heterocycles. The van der Waals surface area contributed by atoms with Crippen LogP contribution >= 0.6 is 0 Å². The summed E-state index contributed by atoms with van der Waals surface area (Å²) in [5.41, 5.74) is 5.43. The summed E-state index contributed by atoms with van der Waals surface area (Å²) in [4.78, 5) is 19.8. The van der Waals surface area contributed by atoms with E-state index in [1.807, 2.05) is 37.2 Å². The summed E-state index contributed by atoms with van der Waals surface area (Å²) in [6.45, 7) is 9.91. The highest BCUT2D eigenvalue weighted by atomic mass is 16.5. The molecule has 2 aromatic carbocycles. The van der Waals surface area contributed by atoms with Gasteiger partial charge in [0.05, 0.1) is 12.1 Å². The van der Waals surface area contributed by atoms with Gasteiger partial charge in [-0.1, -0.05) is 80.5 Å². The van der Waals surface area contributed by atoms with Gasteiger partial charge in [-0.2, -0.15) is 0 Å². The lowest BCUT2D eigenvalue weighted by atomic mass is 9.91. The summed E-state index contributed by atoms with van der Waals surface area (Å²) in [5.74, 6) is 0.936. The summed E-state index contributed by atoms with van der Waals surface area (Å²) in [5, 5.41) is 4.53. The first kappa shape index (κ1) is 25.0. The van der Waals surface area contributed by atoms with Crippen molar-refractivity contribution in [3.63, 3.8) is 0 Å². The zero-order valence-electron chi connectivity index (χ0n) is 21.8. The largest absolute Gasteiger partial charge is 0.338 e. The average Bonchev–Trinajstić information content (AvgIpc) is 3.24. The van der Waals surface area contributed by atoms with Crippen LogP contribution in [-0.2, 0) is 24.3 Å². The number of likely N-dealkylation sites (N-methyl/N-ethyl adjacent to an activating group) is 1. The zero-order valence-corrected chi connectivity index (χ0v) is 21.8. The van der Waals surface area contributed by atoms with Gasteiger partial charge in [-0.15, -0.1) is 0 Å². The molecule has 35 heavy (non-hydrogen) atoms.